The number of aliphatic hydroxyl groups is 1. The highest BCUT2D eigenvalue weighted by Gasteiger charge is 2.39. The van der Waals surface area contributed by atoms with E-state index in [2.05, 4.69) is 6.92 Å². The third-order valence-corrected chi connectivity index (χ3v) is 7.06. The van der Waals surface area contributed by atoms with Gasteiger partial charge in [-0.15, -0.1) is 0 Å². The SMILES string of the molecule is CCCCCCCCCCCCCCCCCCC1=NCC[N+]1(CCCCO)CC(=O)O. The third-order valence-electron chi connectivity index (χ3n) is 7.06. The zero-order chi connectivity index (χ0) is 23.3. The molecular formula is C27H53N2O3+. The van der Waals surface area contributed by atoms with Gasteiger partial charge in [0.05, 0.1) is 13.1 Å². The van der Waals surface area contributed by atoms with Crippen LogP contribution in [0.3, 0.4) is 0 Å². The maximum atomic E-state index is 11.4. The quantitative estimate of drug-likeness (QED) is 0.133. The molecule has 2 N–H and O–H groups in total. The minimum absolute atomic E-state index is 0.142. The zero-order valence-electron chi connectivity index (χ0n) is 21.2. The van der Waals surface area contributed by atoms with Crippen molar-refractivity contribution >= 4 is 11.8 Å². The van der Waals surface area contributed by atoms with Gasteiger partial charge >= 0.3 is 5.97 Å². The standard InChI is InChI=1S/C27H52N2O3/c1-2-3-4-5-6-7-8-9-10-11-12-13-14-15-16-17-20-26-28-21-23-29(26,25-27(31)32)22-18-19-24-30/h30H,2-25H2,1H3/p+1. The number of carboxylic acids is 1. The average molecular weight is 454 g/mol. The third kappa shape index (κ3) is 13.6. The van der Waals surface area contributed by atoms with Gasteiger partial charge in [-0.1, -0.05) is 103 Å². The summed E-state index contributed by atoms with van der Waals surface area (Å²) >= 11 is 0. The van der Waals surface area contributed by atoms with Crippen LogP contribution in [0.1, 0.15) is 129 Å². The molecule has 188 valence electrons. The fraction of sp³-hybridized carbons (Fsp3) is 0.926. The van der Waals surface area contributed by atoms with Crippen LogP contribution in [0.4, 0.5) is 0 Å². The molecule has 0 aliphatic carbocycles. The van der Waals surface area contributed by atoms with E-state index in [4.69, 9.17) is 10.1 Å². The molecule has 1 rings (SSSR count). The lowest BCUT2D eigenvalue weighted by atomic mass is 10.0. The van der Waals surface area contributed by atoms with Crippen LogP contribution in [0.5, 0.6) is 0 Å². The molecule has 0 saturated carbocycles. The van der Waals surface area contributed by atoms with Crippen LogP contribution in [-0.2, 0) is 4.79 Å². The van der Waals surface area contributed by atoms with E-state index in [1.807, 2.05) is 0 Å². The first-order valence-corrected chi connectivity index (χ1v) is 13.9. The summed E-state index contributed by atoms with van der Waals surface area (Å²) in [6.07, 6.45) is 24.4. The Hall–Kier alpha value is -0.940. The fourth-order valence-electron chi connectivity index (χ4n) is 5.07. The molecule has 0 bridgehead atoms. The number of hydrogen-bond donors (Lipinski definition) is 2. The fourth-order valence-corrected chi connectivity index (χ4v) is 5.07. The van der Waals surface area contributed by atoms with Gasteiger partial charge in [-0.2, -0.15) is 0 Å². The van der Waals surface area contributed by atoms with Crippen molar-refractivity contribution in [3.63, 3.8) is 0 Å². The summed E-state index contributed by atoms with van der Waals surface area (Å²) in [5.74, 6) is 0.353. The van der Waals surface area contributed by atoms with E-state index in [1.165, 1.54) is 96.3 Å². The number of nitrogens with zero attached hydrogens (tertiary/aromatic N) is 2. The molecule has 5 heteroatoms. The van der Waals surface area contributed by atoms with Crippen LogP contribution < -0.4 is 0 Å². The van der Waals surface area contributed by atoms with E-state index in [9.17, 15) is 9.90 Å². The first-order chi connectivity index (χ1) is 15.6. The number of amidine groups is 1. The molecule has 0 spiro atoms. The van der Waals surface area contributed by atoms with E-state index < -0.39 is 5.97 Å². The second kappa shape index (κ2) is 19.5. The molecule has 0 saturated heterocycles. The normalized spacial score (nSPS) is 18.2. The Labute approximate surface area is 198 Å². The number of carbonyl (C=O) groups is 1. The van der Waals surface area contributed by atoms with Gasteiger partial charge in [0.15, 0.2) is 12.4 Å². The Morgan fingerprint density at radius 1 is 0.781 bits per heavy atom. The lowest BCUT2D eigenvalue weighted by molar-refractivity contribution is -0.829. The van der Waals surface area contributed by atoms with Crippen molar-refractivity contribution < 1.29 is 19.5 Å². The van der Waals surface area contributed by atoms with E-state index in [-0.39, 0.29) is 13.2 Å². The summed E-state index contributed by atoms with van der Waals surface area (Å²) in [6, 6.07) is 0. The van der Waals surface area contributed by atoms with Gasteiger partial charge in [-0.25, -0.2) is 9.79 Å². The van der Waals surface area contributed by atoms with Gasteiger partial charge in [0.2, 0.25) is 0 Å². The predicted octanol–water partition coefficient (Wildman–Crippen LogP) is 6.72. The van der Waals surface area contributed by atoms with Gasteiger partial charge < -0.3 is 10.2 Å². The molecule has 1 aliphatic rings. The van der Waals surface area contributed by atoms with Gasteiger partial charge in [0.1, 0.15) is 6.54 Å². The number of aliphatic imine (C=N–C) groups is 1. The molecule has 0 aromatic carbocycles. The Kier molecular flexibility index (Phi) is 17.7. The lowest BCUT2D eigenvalue weighted by Gasteiger charge is -2.33. The van der Waals surface area contributed by atoms with Crippen molar-refractivity contribution in [3.8, 4) is 0 Å². The number of rotatable bonds is 23. The smallest absolute Gasteiger partial charge is 0.359 e. The topological polar surface area (TPSA) is 69.9 Å². The maximum Gasteiger partial charge on any atom is 0.359 e. The molecule has 0 aromatic heterocycles. The number of aliphatic carboxylic acids is 1. The van der Waals surface area contributed by atoms with Crippen molar-refractivity contribution in [2.45, 2.75) is 129 Å². The maximum absolute atomic E-state index is 11.4. The average Bonchev–Trinajstić information content (AvgIpc) is 3.15. The molecular weight excluding hydrogens is 400 g/mol. The largest absolute Gasteiger partial charge is 0.477 e. The molecule has 1 heterocycles. The van der Waals surface area contributed by atoms with Crippen molar-refractivity contribution in [3.05, 3.63) is 0 Å². The van der Waals surface area contributed by atoms with E-state index in [1.54, 1.807) is 0 Å². The number of hydrogen-bond acceptors (Lipinski definition) is 3. The Morgan fingerprint density at radius 2 is 1.28 bits per heavy atom. The highest BCUT2D eigenvalue weighted by Crippen LogP contribution is 2.22. The van der Waals surface area contributed by atoms with E-state index >= 15 is 0 Å². The number of quaternary nitrogens is 1. The van der Waals surface area contributed by atoms with Crippen LogP contribution in [0.2, 0.25) is 0 Å². The summed E-state index contributed by atoms with van der Waals surface area (Å²) in [5.41, 5.74) is 0. The van der Waals surface area contributed by atoms with Gasteiger partial charge in [-0.05, 0) is 19.3 Å². The van der Waals surface area contributed by atoms with Gasteiger partial charge in [-0.3, -0.25) is 4.48 Å². The van der Waals surface area contributed by atoms with Gasteiger partial charge in [0.25, 0.3) is 0 Å². The highest BCUT2D eigenvalue weighted by molar-refractivity contribution is 5.80. The van der Waals surface area contributed by atoms with E-state index in [0.29, 0.717) is 4.48 Å². The predicted molar refractivity (Wildman–Crippen MR) is 135 cm³/mol. The molecule has 0 aromatic rings. The molecule has 5 nitrogen and oxygen atoms in total. The molecule has 32 heavy (non-hydrogen) atoms. The molecule has 0 radical (unpaired) electrons. The summed E-state index contributed by atoms with van der Waals surface area (Å²) in [4.78, 5) is 16.1. The van der Waals surface area contributed by atoms with Crippen molar-refractivity contribution in [2.24, 2.45) is 4.99 Å². The van der Waals surface area contributed by atoms with Crippen molar-refractivity contribution in [1.82, 2.24) is 0 Å². The lowest BCUT2D eigenvalue weighted by Crippen LogP contribution is -2.54. The summed E-state index contributed by atoms with van der Waals surface area (Å²) in [6.45, 7) is 4.96. The van der Waals surface area contributed by atoms with Gasteiger partial charge in [0, 0.05) is 13.0 Å². The monoisotopic (exact) mass is 453 g/mol. The van der Waals surface area contributed by atoms with Crippen LogP contribution in [0.15, 0.2) is 4.99 Å². The molecule has 1 unspecified atom stereocenters. The Balaban J connectivity index is 2.02. The number of carboxylic acid groups (broad SMARTS) is 1. The van der Waals surface area contributed by atoms with Crippen molar-refractivity contribution in [2.75, 3.05) is 32.8 Å². The highest BCUT2D eigenvalue weighted by atomic mass is 16.4. The first kappa shape index (κ1) is 29.1. The van der Waals surface area contributed by atoms with Crippen molar-refractivity contribution in [1.29, 1.82) is 0 Å². The first-order valence-electron chi connectivity index (χ1n) is 13.9. The summed E-state index contributed by atoms with van der Waals surface area (Å²) in [7, 11) is 0. The van der Waals surface area contributed by atoms with Crippen LogP contribution in [0, 0.1) is 0 Å². The molecule has 0 fully saturated rings. The van der Waals surface area contributed by atoms with E-state index in [0.717, 1.165) is 51.2 Å². The second-order valence-electron chi connectivity index (χ2n) is 9.93. The minimum atomic E-state index is -0.740. The second-order valence-corrected chi connectivity index (χ2v) is 9.93. The number of unbranched alkanes of at least 4 members (excludes halogenated alkanes) is 16. The Bertz CT molecular complexity index is 495. The zero-order valence-corrected chi connectivity index (χ0v) is 21.2. The van der Waals surface area contributed by atoms with Crippen LogP contribution >= 0.6 is 0 Å². The molecule has 1 atom stereocenters. The summed E-state index contributed by atoms with van der Waals surface area (Å²) in [5, 5.41) is 18.5. The van der Waals surface area contributed by atoms with Crippen LogP contribution in [-0.4, -0.2) is 59.3 Å². The minimum Gasteiger partial charge on any atom is -0.477 e. The number of aliphatic hydroxyl groups excluding tert-OH is 1. The molecule has 0 amide bonds. The molecule has 1 aliphatic heterocycles. The summed E-state index contributed by atoms with van der Waals surface area (Å²) < 4.78 is 0.522. The Morgan fingerprint density at radius 3 is 1.75 bits per heavy atom. The van der Waals surface area contributed by atoms with Crippen LogP contribution in [0.25, 0.3) is 0 Å².